The van der Waals surface area contributed by atoms with Crippen LogP contribution in [-0.4, -0.2) is 22.0 Å². The van der Waals surface area contributed by atoms with Gasteiger partial charge in [-0.25, -0.2) is 0 Å². The topological polar surface area (TPSA) is 111 Å². The van der Waals surface area contributed by atoms with Gasteiger partial charge in [0.1, 0.15) is 6.04 Å². The quantitative estimate of drug-likeness (QED) is 0.513. The van der Waals surface area contributed by atoms with E-state index in [0.717, 1.165) is 32.1 Å². The molecule has 0 saturated carbocycles. The van der Waals surface area contributed by atoms with Crippen molar-refractivity contribution in [1.29, 1.82) is 0 Å². The van der Waals surface area contributed by atoms with Crippen LogP contribution in [0.15, 0.2) is 34.9 Å². The van der Waals surface area contributed by atoms with Crippen LogP contribution in [0.5, 0.6) is 0 Å². The predicted molar refractivity (Wildman–Crippen MR) is 106 cm³/mol. The molecule has 0 bridgehead atoms. The maximum absolute atomic E-state index is 12.2. The van der Waals surface area contributed by atoms with Crippen molar-refractivity contribution in [2.45, 2.75) is 70.8 Å². The lowest BCUT2D eigenvalue weighted by Gasteiger charge is -2.13. The van der Waals surface area contributed by atoms with Crippen molar-refractivity contribution < 1.29 is 14.1 Å². The van der Waals surface area contributed by atoms with Crippen molar-refractivity contribution >= 4 is 11.8 Å². The maximum Gasteiger partial charge on any atom is 0.249 e. The summed E-state index contributed by atoms with van der Waals surface area (Å²) in [5.41, 5.74) is 6.50. The Morgan fingerprint density at radius 1 is 1.11 bits per heavy atom. The van der Waals surface area contributed by atoms with Crippen LogP contribution in [0.3, 0.4) is 0 Å². The largest absolute Gasteiger partial charge is 0.370 e. The van der Waals surface area contributed by atoms with Crippen molar-refractivity contribution in [1.82, 2.24) is 15.5 Å². The Kier molecular flexibility index (Phi) is 9.18. The molecule has 2 amide bonds. The summed E-state index contributed by atoms with van der Waals surface area (Å²) in [7, 11) is 0. The fourth-order valence-corrected chi connectivity index (χ4v) is 2.97. The SMILES string of the molecule is CCCCCCCC(=O)N[C@H](CC(N)=O)c1nc(CCc2ccccc2)no1. The number of hydrogen-bond acceptors (Lipinski definition) is 5. The van der Waals surface area contributed by atoms with Gasteiger partial charge in [0.2, 0.25) is 17.7 Å². The van der Waals surface area contributed by atoms with Gasteiger partial charge in [-0.2, -0.15) is 4.98 Å². The number of benzene rings is 1. The lowest BCUT2D eigenvalue weighted by Crippen LogP contribution is -2.31. The number of nitrogens with zero attached hydrogens (tertiary/aromatic N) is 2. The first kappa shape index (κ1) is 21.6. The minimum absolute atomic E-state index is 0.0676. The molecule has 1 heterocycles. The van der Waals surface area contributed by atoms with E-state index in [2.05, 4.69) is 22.4 Å². The molecule has 28 heavy (non-hydrogen) atoms. The third-order valence-electron chi connectivity index (χ3n) is 4.51. The standard InChI is InChI=1S/C21H30N4O3/c1-2-3-4-5-9-12-20(27)23-17(15-18(22)26)21-24-19(25-28-21)14-13-16-10-7-6-8-11-16/h6-8,10-11,17H,2-5,9,12-15H2,1H3,(H2,22,26)(H,23,27)/t17-/m1/s1. The zero-order chi connectivity index (χ0) is 20.2. The van der Waals surface area contributed by atoms with Crippen molar-refractivity contribution in [3.63, 3.8) is 0 Å². The number of aryl methyl sites for hydroxylation is 2. The number of nitrogens with two attached hydrogens (primary N) is 1. The summed E-state index contributed by atoms with van der Waals surface area (Å²) in [5.74, 6) is 0.104. The fraction of sp³-hybridized carbons (Fsp3) is 0.524. The summed E-state index contributed by atoms with van der Waals surface area (Å²) in [6, 6.07) is 9.33. The van der Waals surface area contributed by atoms with Gasteiger partial charge in [-0.1, -0.05) is 68.1 Å². The maximum atomic E-state index is 12.2. The number of nitrogens with one attached hydrogen (secondary N) is 1. The van der Waals surface area contributed by atoms with E-state index in [1.165, 1.54) is 12.0 Å². The van der Waals surface area contributed by atoms with Gasteiger partial charge < -0.3 is 15.6 Å². The summed E-state index contributed by atoms with van der Waals surface area (Å²) in [5, 5.41) is 6.78. The highest BCUT2D eigenvalue weighted by molar-refractivity contribution is 5.78. The third kappa shape index (κ3) is 7.90. The van der Waals surface area contributed by atoms with Crippen molar-refractivity contribution in [3.8, 4) is 0 Å². The van der Waals surface area contributed by atoms with E-state index in [4.69, 9.17) is 10.3 Å². The highest BCUT2D eigenvalue weighted by Crippen LogP contribution is 2.16. The molecule has 0 aliphatic heterocycles. The molecule has 3 N–H and O–H groups in total. The van der Waals surface area contributed by atoms with E-state index in [1.54, 1.807) is 0 Å². The Morgan fingerprint density at radius 3 is 2.57 bits per heavy atom. The average Bonchev–Trinajstić information content (AvgIpc) is 3.15. The van der Waals surface area contributed by atoms with Crippen LogP contribution in [0.1, 0.15) is 75.2 Å². The van der Waals surface area contributed by atoms with E-state index < -0.39 is 11.9 Å². The number of carbonyl (C=O) groups excluding carboxylic acids is 2. The Balaban J connectivity index is 1.88. The molecule has 0 aliphatic carbocycles. The number of amides is 2. The van der Waals surface area contributed by atoms with Crippen LogP contribution in [0, 0.1) is 0 Å². The molecule has 7 heteroatoms. The minimum atomic E-state index is -0.682. The second kappa shape index (κ2) is 11.9. The molecule has 0 fully saturated rings. The number of aromatic nitrogens is 2. The average molecular weight is 386 g/mol. The van der Waals surface area contributed by atoms with Crippen molar-refractivity contribution in [2.24, 2.45) is 5.73 Å². The van der Waals surface area contributed by atoms with E-state index in [-0.39, 0.29) is 18.2 Å². The molecule has 2 rings (SSSR count). The number of carbonyl (C=O) groups is 2. The Morgan fingerprint density at radius 2 is 1.86 bits per heavy atom. The highest BCUT2D eigenvalue weighted by Gasteiger charge is 2.23. The normalized spacial score (nSPS) is 11.9. The van der Waals surface area contributed by atoms with Gasteiger partial charge in [0.25, 0.3) is 0 Å². The Labute approximate surface area is 166 Å². The second-order valence-corrected chi connectivity index (χ2v) is 6.99. The van der Waals surface area contributed by atoms with Gasteiger partial charge in [0.05, 0.1) is 6.42 Å². The molecule has 0 saturated heterocycles. The number of hydrogen-bond donors (Lipinski definition) is 2. The van der Waals surface area contributed by atoms with Crippen molar-refractivity contribution in [2.75, 3.05) is 0 Å². The first-order chi connectivity index (χ1) is 13.6. The number of primary amides is 1. The monoisotopic (exact) mass is 386 g/mol. The van der Waals surface area contributed by atoms with Crippen LogP contribution in [-0.2, 0) is 22.4 Å². The van der Waals surface area contributed by atoms with Crippen LogP contribution in [0.25, 0.3) is 0 Å². The number of unbranched alkanes of at least 4 members (excludes halogenated alkanes) is 4. The first-order valence-corrected chi connectivity index (χ1v) is 10.0. The van der Waals surface area contributed by atoms with Gasteiger partial charge in [0, 0.05) is 12.8 Å². The number of rotatable bonds is 13. The molecule has 0 aliphatic rings. The van der Waals surface area contributed by atoms with E-state index in [0.29, 0.717) is 18.7 Å². The molecule has 152 valence electrons. The Hall–Kier alpha value is -2.70. The summed E-state index contributed by atoms with van der Waals surface area (Å²) in [6.45, 7) is 2.15. The van der Waals surface area contributed by atoms with Gasteiger partial charge in [0.15, 0.2) is 5.82 Å². The zero-order valence-electron chi connectivity index (χ0n) is 16.5. The van der Waals surface area contributed by atoms with Gasteiger partial charge in [-0.15, -0.1) is 0 Å². The predicted octanol–water partition coefficient (Wildman–Crippen LogP) is 3.25. The lowest BCUT2D eigenvalue weighted by atomic mass is 10.1. The molecule has 0 spiro atoms. The van der Waals surface area contributed by atoms with Gasteiger partial charge in [-0.05, 0) is 18.4 Å². The smallest absolute Gasteiger partial charge is 0.249 e. The minimum Gasteiger partial charge on any atom is -0.370 e. The van der Waals surface area contributed by atoms with Crippen molar-refractivity contribution in [3.05, 3.63) is 47.6 Å². The summed E-state index contributed by atoms with van der Waals surface area (Å²) < 4.78 is 5.29. The molecule has 0 unspecified atom stereocenters. The molecule has 7 nitrogen and oxygen atoms in total. The van der Waals surface area contributed by atoms with E-state index in [9.17, 15) is 9.59 Å². The summed E-state index contributed by atoms with van der Waals surface area (Å²) in [6.07, 6.45) is 7.05. The molecule has 1 atom stereocenters. The molecule has 0 radical (unpaired) electrons. The molecular formula is C21H30N4O3. The molecular weight excluding hydrogens is 356 g/mol. The fourth-order valence-electron chi connectivity index (χ4n) is 2.97. The third-order valence-corrected chi connectivity index (χ3v) is 4.51. The van der Waals surface area contributed by atoms with Crippen LogP contribution in [0.2, 0.25) is 0 Å². The Bertz CT molecular complexity index is 730. The zero-order valence-corrected chi connectivity index (χ0v) is 16.5. The molecule has 2 aromatic rings. The molecule has 1 aromatic heterocycles. The van der Waals surface area contributed by atoms with E-state index in [1.807, 2.05) is 30.3 Å². The second-order valence-electron chi connectivity index (χ2n) is 6.99. The van der Waals surface area contributed by atoms with E-state index >= 15 is 0 Å². The van der Waals surface area contributed by atoms with Crippen LogP contribution >= 0.6 is 0 Å². The lowest BCUT2D eigenvalue weighted by molar-refractivity contribution is -0.123. The van der Waals surface area contributed by atoms with Gasteiger partial charge in [-0.3, -0.25) is 9.59 Å². The highest BCUT2D eigenvalue weighted by atomic mass is 16.5. The first-order valence-electron chi connectivity index (χ1n) is 10.0. The summed E-state index contributed by atoms with van der Waals surface area (Å²) >= 11 is 0. The summed E-state index contributed by atoms with van der Waals surface area (Å²) in [4.78, 5) is 28.0. The molecule has 1 aromatic carbocycles. The van der Waals surface area contributed by atoms with Crippen LogP contribution < -0.4 is 11.1 Å². The van der Waals surface area contributed by atoms with Crippen LogP contribution in [0.4, 0.5) is 0 Å². The van der Waals surface area contributed by atoms with Gasteiger partial charge >= 0.3 is 0 Å².